The summed E-state index contributed by atoms with van der Waals surface area (Å²) in [6.07, 6.45) is -3.66. The van der Waals surface area contributed by atoms with Gasteiger partial charge in [-0.25, -0.2) is 9.59 Å². The maximum atomic E-state index is 12.3. The number of carbonyl (C=O) groups excluding carboxylic acids is 1. The molecule has 3 aromatic carbocycles. The number of benzene rings is 3. The lowest BCUT2D eigenvalue weighted by molar-refractivity contribution is 0.0185. The van der Waals surface area contributed by atoms with Crippen LogP contribution >= 0.6 is 11.6 Å². The van der Waals surface area contributed by atoms with E-state index in [1.807, 2.05) is 48.5 Å². The Morgan fingerprint density at radius 1 is 0.939 bits per heavy atom. The zero-order valence-corrected chi connectivity index (χ0v) is 18.2. The van der Waals surface area contributed by atoms with Gasteiger partial charge < -0.3 is 25.4 Å². The first-order valence-corrected chi connectivity index (χ1v) is 10.7. The van der Waals surface area contributed by atoms with Crippen LogP contribution in [-0.2, 0) is 4.74 Å². The lowest BCUT2D eigenvalue weighted by Gasteiger charge is -2.20. The fourth-order valence-corrected chi connectivity index (χ4v) is 4.42. The number of fused-ring (bicyclic) bond motifs is 3. The number of hydrogen-bond acceptors (Lipinski definition) is 5. The molecule has 0 aliphatic heterocycles. The van der Waals surface area contributed by atoms with E-state index >= 15 is 0 Å². The van der Waals surface area contributed by atoms with Crippen LogP contribution in [0.5, 0.6) is 0 Å². The number of rotatable bonds is 7. The van der Waals surface area contributed by atoms with Crippen molar-refractivity contribution in [2.24, 2.45) is 0 Å². The predicted molar refractivity (Wildman–Crippen MR) is 122 cm³/mol. The number of carbonyl (C=O) groups is 2. The number of carboxylic acid groups (broad SMARTS) is 1. The Bertz CT molecular complexity index is 1150. The fourth-order valence-electron chi connectivity index (χ4n) is 4.10. The van der Waals surface area contributed by atoms with Gasteiger partial charge in [-0.15, -0.1) is 0 Å². The number of hydrogen-bond donors (Lipinski definition) is 4. The van der Waals surface area contributed by atoms with Gasteiger partial charge in [0, 0.05) is 18.0 Å². The van der Waals surface area contributed by atoms with Crippen LogP contribution in [0.2, 0.25) is 5.02 Å². The number of nitrogens with one attached hydrogen (secondary N) is 1. The summed E-state index contributed by atoms with van der Waals surface area (Å²) in [4.78, 5) is 23.5. The molecule has 0 heterocycles. The minimum atomic E-state index is -1.49. The number of aliphatic hydroxyl groups is 2. The van der Waals surface area contributed by atoms with E-state index in [-0.39, 0.29) is 35.2 Å². The van der Waals surface area contributed by atoms with Gasteiger partial charge in [-0.3, -0.25) is 0 Å². The lowest BCUT2D eigenvalue weighted by atomic mass is 9.98. The third-order valence-corrected chi connectivity index (χ3v) is 6.16. The van der Waals surface area contributed by atoms with E-state index in [2.05, 4.69) is 5.32 Å². The summed E-state index contributed by atoms with van der Waals surface area (Å²) in [6, 6.07) is 20.0. The molecule has 0 spiro atoms. The largest absolute Gasteiger partial charge is 0.478 e. The maximum Gasteiger partial charge on any atom is 0.407 e. The van der Waals surface area contributed by atoms with Crippen molar-refractivity contribution >= 4 is 23.7 Å². The molecule has 0 aromatic heterocycles. The second-order valence-electron chi connectivity index (χ2n) is 7.73. The average molecular weight is 468 g/mol. The molecule has 3 aromatic rings. The highest BCUT2D eigenvalue weighted by Gasteiger charge is 2.29. The van der Waals surface area contributed by atoms with Gasteiger partial charge in [0.05, 0.1) is 10.6 Å². The molecule has 4 rings (SSSR count). The van der Waals surface area contributed by atoms with Crippen molar-refractivity contribution in [2.75, 3.05) is 13.2 Å². The third kappa shape index (κ3) is 4.57. The monoisotopic (exact) mass is 467 g/mol. The number of aromatic carboxylic acids is 1. The Kier molecular flexibility index (Phi) is 6.65. The van der Waals surface area contributed by atoms with Gasteiger partial charge in [-0.2, -0.15) is 0 Å². The standard InChI is InChI=1S/C25H22ClNO6/c26-22-18(10-5-11-19(22)24(30)31)23(29)21(28)12-27-25(32)33-13-20-16-8-3-1-6-14(16)15-7-2-4-9-17(15)20/h1-11,20-21,23,28-29H,12-13H2,(H,27,32)(H,30,31). The Hall–Kier alpha value is -3.39. The van der Waals surface area contributed by atoms with Crippen molar-refractivity contribution < 1.29 is 29.6 Å². The zero-order valence-electron chi connectivity index (χ0n) is 17.4. The zero-order chi connectivity index (χ0) is 23.5. The molecule has 2 atom stereocenters. The summed E-state index contributed by atoms with van der Waals surface area (Å²) in [7, 11) is 0. The van der Waals surface area contributed by atoms with Crippen LogP contribution in [0.15, 0.2) is 66.7 Å². The van der Waals surface area contributed by atoms with Crippen molar-refractivity contribution in [3.63, 3.8) is 0 Å². The SMILES string of the molecule is O=C(NCC(O)C(O)c1cccc(C(=O)O)c1Cl)OCC1c2ccccc2-c2ccccc21. The highest BCUT2D eigenvalue weighted by Crippen LogP contribution is 2.44. The van der Waals surface area contributed by atoms with E-state index in [1.165, 1.54) is 18.2 Å². The molecule has 0 saturated carbocycles. The molecule has 7 nitrogen and oxygen atoms in total. The number of halogens is 1. The molecule has 33 heavy (non-hydrogen) atoms. The van der Waals surface area contributed by atoms with E-state index in [0.717, 1.165) is 22.3 Å². The molecule has 170 valence electrons. The minimum Gasteiger partial charge on any atom is -0.478 e. The lowest BCUT2D eigenvalue weighted by Crippen LogP contribution is -2.36. The molecule has 0 bridgehead atoms. The molecule has 0 fully saturated rings. The van der Waals surface area contributed by atoms with Crippen molar-refractivity contribution in [3.05, 3.63) is 94.0 Å². The quantitative estimate of drug-likeness (QED) is 0.418. The minimum absolute atomic E-state index is 0.0541. The molecule has 8 heteroatoms. The van der Waals surface area contributed by atoms with Crippen molar-refractivity contribution in [3.8, 4) is 11.1 Å². The van der Waals surface area contributed by atoms with Crippen molar-refractivity contribution in [2.45, 2.75) is 18.1 Å². The smallest absolute Gasteiger partial charge is 0.407 e. The van der Waals surface area contributed by atoms with Gasteiger partial charge in [0.15, 0.2) is 0 Å². The highest BCUT2D eigenvalue weighted by molar-refractivity contribution is 6.34. The van der Waals surface area contributed by atoms with Crippen LogP contribution in [0.1, 0.15) is 39.1 Å². The normalized spacial score (nSPS) is 14.2. The molecule has 1 aliphatic rings. The second-order valence-corrected chi connectivity index (χ2v) is 8.11. The van der Waals surface area contributed by atoms with Crippen LogP contribution in [0.25, 0.3) is 11.1 Å². The molecule has 2 unspecified atom stereocenters. The predicted octanol–water partition coefficient (Wildman–Crippen LogP) is 3.97. The topological polar surface area (TPSA) is 116 Å². The average Bonchev–Trinajstić information content (AvgIpc) is 3.14. The Labute approximate surface area is 195 Å². The maximum absolute atomic E-state index is 12.3. The summed E-state index contributed by atoms with van der Waals surface area (Å²) in [5.74, 6) is -1.35. The molecule has 0 radical (unpaired) electrons. The van der Waals surface area contributed by atoms with Gasteiger partial charge >= 0.3 is 12.1 Å². The highest BCUT2D eigenvalue weighted by atomic mass is 35.5. The first-order valence-electron chi connectivity index (χ1n) is 10.3. The van der Waals surface area contributed by atoms with Crippen molar-refractivity contribution in [1.29, 1.82) is 0 Å². The van der Waals surface area contributed by atoms with E-state index in [1.54, 1.807) is 0 Å². The first-order chi connectivity index (χ1) is 15.9. The molecule has 1 aliphatic carbocycles. The summed E-state index contributed by atoms with van der Waals surface area (Å²) >= 11 is 6.05. The van der Waals surface area contributed by atoms with Crippen LogP contribution in [0.3, 0.4) is 0 Å². The Morgan fingerprint density at radius 3 is 2.15 bits per heavy atom. The molecule has 1 amide bonds. The molecule has 0 saturated heterocycles. The summed E-state index contributed by atoms with van der Waals surface area (Å²) < 4.78 is 5.40. The second kappa shape index (κ2) is 9.62. The van der Waals surface area contributed by atoms with Gasteiger partial charge in [0.25, 0.3) is 0 Å². The molecular weight excluding hydrogens is 446 g/mol. The third-order valence-electron chi connectivity index (χ3n) is 5.74. The number of alkyl carbamates (subject to hydrolysis) is 1. The number of carboxylic acids is 1. The fraction of sp³-hybridized carbons (Fsp3) is 0.200. The van der Waals surface area contributed by atoms with E-state index < -0.39 is 24.3 Å². The van der Waals surface area contributed by atoms with Crippen LogP contribution < -0.4 is 5.32 Å². The molecule has 4 N–H and O–H groups in total. The van der Waals surface area contributed by atoms with Crippen LogP contribution in [-0.4, -0.2) is 46.6 Å². The van der Waals surface area contributed by atoms with Gasteiger partial charge in [-0.05, 0) is 28.3 Å². The van der Waals surface area contributed by atoms with E-state index in [4.69, 9.17) is 21.4 Å². The number of ether oxygens (including phenoxy) is 1. The van der Waals surface area contributed by atoms with Crippen LogP contribution in [0.4, 0.5) is 4.79 Å². The van der Waals surface area contributed by atoms with Gasteiger partial charge in [-0.1, -0.05) is 72.3 Å². The summed E-state index contributed by atoms with van der Waals surface area (Å²) in [5, 5.41) is 32.1. The Morgan fingerprint density at radius 2 is 1.55 bits per heavy atom. The Balaban J connectivity index is 1.36. The van der Waals surface area contributed by atoms with Crippen LogP contribution in [0, 0.1) is 0 Å². The molecular formula is C25H22ClNO6. The number of amides is 1. The van der Waals surface area contributed by atoms with E-state index in [0.29, 0.717) is 0 Å². The van der Waals surface area contributed by atoms with Gasteiger partial charge in [0.2, 0.25) is 0 Å². The first kappa shape index (κ1) is 22.8. The van der Waals surface area contributed by atoms with Crippen molar-refractivity contribution in [1.82, 2.24) is 5.32 Å². The van der Waals surface area contributed by atoms with Gasteiger partial charge in [0.1, 0.15) is 18.8 Å². The van der Waals surface area contributed by atoms with E-state index in [9.17, 15) is 19.8 Å². The summed E-state index contributed by atoms with van der Waals surface area (Å²) in [5.41, 5.74) is 4.25. The summed E-state index contributed by atoms with van der Waals surface area (Å²) in [6.45, 7) is -0.198. The number of aliphatic hydroxyl groups excluding tert-OH is 2.